The largest absolute Gasteiger partial charge is 0.382 e. The van der Waals surface area contributed by atoms with Gasteiger partial charge in [-0.25, -0.2) is 8.42 Å². The van der Waals surface area contributed by atoms with Gasteiger partial charge in [0.1, 0.15) is 4.90 Å². The van der Waals surface area contributed by atoms with E-state index in [-0.39, 0.29) is 15.8 Å². The molecule has 24 heavy (non-hydrogen) atoms. The van der Waals surface area contributed by atoms with Gasteiger partial charge < -0.3 is 10.1 Å². The second kappa shape index (κ2) is 8.80. The molecule has 8 heteroatoms. The molecule has 0 aliphatic carbocycles. The zero-order chi connectivity index (χ0) is 17.6. The van der Waals surface area contributed by atoms with Crippen molar-refractivity contribution >= 4 is 33.2 Å². The minimum atomic E-state index is -3.62. The van der Waals surface area contributed by atoms with Crippen LogP contribution in [-0.4, -0.2) is 44.9 Å². The van der Waals surface area contributed by atoms with Crippen LogP contribution >= 0.6 is 11.6 Å². The monoisotopic (exact) mass is 374 g/mol. The molecule has 134 valence electrons. The van der Waals surface area contributed by atoms with Crippen LogP contribution in [0.1, 0.15) is 32.6 Å². The lowest BCUT2D eigenvalue weighted by Crippen LogP contribution is -2.28. The van der Waals surface area contributed by atoms with Crippen molar-refractivity contribution in [2.24, 2.45) is 0 Å². The molecule has 0 unspecified atom stereocenters. The first-order chi connectivity index (χ1) is 11.4. The molecule has 1 amide bonds. The number of rotatable bonds is 8. The Labute approximate surface area is 148 Å². The van der Waals surface area contributed by atoms with E-state index in [2.05, 4.69) is 5.32 Å². The highest BCUT2D eigenvalue weighted by Gasteiger charge is 2.29. The number of benzene rings is 1. The zero-order valence-electron chi connectivity index (χ0n) is 13.8. The molecule has 1 aliphatic heterocycles. The van der Waals surface area contributed by atoms with Crippen LogP contribution in [0.25, 0.3) is 0 Å². The molecular formula is C16H23ClN2O4S. The summed E-state index contributed by atoms with van der Waals surface area (Å²) in [5.41, 5.74) is 0.429. The molecule has 1 heterocycles. The van der Waals surface area contributed by atoms with Crippen LogP contribution in [0.3, 0.4) is 0 Å². The maximum atomic E-state index is 12.6. The number of hydrogen-bond donors (Lipinski definition) is 1. The molecule has 6 nitrogen and oxygen atoms in total. The minimum Gasteiger partial charge on any atom is -0.382 e. The maximum absolute atomic E-state index is 12.6. The summed E-state index contributed by atoms with van der Waals surface area (Å²) in [4.78, 5) is 12.0. The topological polar surface area (TPSA) is 75.7 Å². The summed E-state index contributed by atoms with van der Waals surface area (Å²) in [5, 5.41) is 2.88. The number of ether oxygens (including phenoxy) is 1. The van der Waals surface area contributed by atoms with Crippen LogP contribution in [0.2, 0.25) is 5.02 Å². The molecule has 0 atom stereocenters. The Morgan fingerprint density at radius 2 is 2.04 bits per heavy atom. The average molecular weight is 375 g/mol. The van der Waals surface area contributed by atoms with Gasteiger partial charge in [0.15, 0.2) is 0 Å². The highest BCUT2D eigenvalue weighted by atomic mass is 35.5. The summed E-state index contributed by atoms with van der Waals surface area (Å²) in [5.74, 6) is -0.179. The Morgan fingerprint density at radius 1 is 1.33 bits per heavy atom. The smallest absolute Gasteiger partial charge is 0.244 e. The van der Waals surface area contributed by atoms with E-state index in [9.17, 15) is 13.2 Å². The van der Waals surface area contributed by atoms with Crippen LogP contribution in [0, 0.1) is 0 Å². The van der Waals surface area contributed by atoms with E-state index in [1.807, 2.05) is 6.92 Å². The molecule has 0 bridgehead atoms. The lowest BCUT2D eigenvalue weighted by Gasteiger charge is -2.17. The molecule has 2 rings (SSSR count). The minimum absolute atomic E-state index is 0.0400. The van der Waals surface area contributed by atoms with Gasteiger partial charge in [-0.3, -0.25) is 4.79 Å². The molecular weight excluding hydrogens is 352 g/mol. The molecule has 0 radical (unpaired) electrons. The zero-order valence-corrected chi connectivity index (χ0v) is 15.3. The highest BCUT2D eigenvalue weighted by molar-refractivity contribution is 7.89. The number of halogens is 1. The predicted octanol–water partition coefficient (Wildman–Crippen LogP) is 2.88. The van der Waals surface area contributed by atoms with Crippen molar-refractivity contribution in [2.75, 3.05) is 31.6 Å². The normalized spacial score (nSPS) is 15.6. The molecule has 0 saturated carbocycles. The summed E-state index contributed by atoms with van der Waals surface area (Å²) < 4.78 is 31.9. The Balaban J connectivity index is 2.07. The average Bonchev–Trinajstić information content (AvgIpc) is 3.08. The van der Waals surface area contributed by atoms with Gasteiger partial charge in [0, 0.05) is 38.4 Å². The number of anilines is 1. The Hall–Kier alpha value is -1.15. The van der Waals surface area contributed by atoms with Gasteiger partial charge in [-0.05, 0) is 44.4 Å². The SMILES string of the molecule is CCOCCCC(=O)Nc1ccc(Cl)c(S(=O)(=O)N2CCCC2)c1. The maximum Gasteiger partial charge on any atom is 0.244 e. The lowest BCUT2D eigenvalue weighted by molar-refractivity contribution is -0.116. The fourth-order valence-corrected chi connectivity index (χ4v) is 4.57. The van der Waals surface area contributed by atoms with Crippen LogP contribution in [0.15, 0.2) is 23.1 Å². The molecule has 1 N–H and O–H groups in total. The fourth-order valence-electron chi connectivity index (χ4n) is 2.55. The number of nitrogens with zero attached hydrogens (tertiary/aromatic N) is 1. The second-order valence-electron chi connectivity index (χ2n) is 5.61. The molecule has 1 fully saturated rings. The number of sulfonamides is 1. The summed E-state index contributed by atoms with van der Waals surface area (Å²) in [6.45, 7) is 4.06. The molecule has 1 saturated heterocycles. The second-order valence-corrected chi connectivity index (χ2v) is 7.92. The van der Waals surface area contributed by atoms with Crippen molar-refractivity contribution in [1.82, 2.24) is 4.31 Å². The van der Waals surface area contributed by atoms with Gasteiger partial charge in [-0.1, -0.05) is 11.6 Å². The number of nitrogens with one attached hydrogen (secondary N) is 1. The summed E-state index contributed by atoms with van der Waals surface area (Å²) in [6, 6.07) is 4.53. The van der Waals surface area contributed by atoms with Gasteiger partial charge in [0.2, 0.25) is 15.9 Å². The first-order valence-corrected chi connectivity index (χ1v) is 9.94. The molecule has 1 aromatic carbocycles. The third-order valence-electron chi connectivity index (χ3n) is 3.79. The van der Waals surface area contributed by atoms with Crippen molar-refractivity contribution in [3.8, 4) is 0 Å². The van der Waals surface area contributed by atoms with Crippen LogP contribution < -0.4 is 5.32 Å². The summed E-state index contributed by atoms with van der Waals surface area (Å²) in [6.07, 6.45) is 2.64. The van der Waals surface area contributed by atoms with Gasteiger partial charge in [-0.15, -0.1) is 0 Å². The van der Waals surface area contributed by atoms with Crippen molar-refractivity contribution in [2.45, 2.75) is 37.5 Å². The van der Waals surface area contributed by atoms with E-state index in [1.165, 1.54) is 16.4 Å². The van der Waals surface area contributed by atoms with Gasteiger partial charge in [0.05, 0.1) is 5.02 Å². The van der Waals surface area contributed by atoms with Crippen LogP contribution in [0.4, 0.5) is 5.69 Å². The fraction of sp³-hybridized carbons (Fsp3) is 0.562. The Bertz CT molecular complexity index is 673. The van der Waals surface area contributed by atoms with Crippen LogP contribution in [0.5, 0.6) is 0 Å². The standard InChI is InChI=1S/C16H23ClN2O4S/c1-2-23-11-5-6-16(20)18-13-7-8-14(17)15(12-13)24(21,22)19-9-3-4-10-19/h7-8,12H,2-6,9-11H2,1H3,(H,18,20). The lowest BCUT2D eigenvalue weighted by atomic mass is 10.2. The number of amides is 1. The van der Waals surface area contributed by atoms with Crippen molar-refractivity contribution in [3.05, 3.63) is 23.2 Å². The van der Waals surface area contributed by atoms with E-state index >= 15 is 0 Å². The number of hydrogen-bond acceptors (Lipinski definition) is 4. The Morgan fingerprint density at radius 3 is 2.71 bits per heavy atom. The first-order valence-electron chi connectivity index (χ1n) is 8.12. The first kappa shape index (κ1) is 19.2. The van der Waals surface area contributed by atoms with E-state index in [0.29, 0.717) is 44.8 Å². The van der Waals surface area contributed by atoms with Gasteiger partial charge in [-0.2, -0.15) is 4.31 Å². The summed E-state index contributed by atoms with van der Waals surface area (Å²) in [7, 11) is -3.62. The predicted molar refractivity (Wildman–Crippen MR) is 93.8 cm³/mol. The number of carbonyl (C=O) groups is 1. The van der Waals surface area contributed by atoms with E-state index in [1.54, 1.807) is 6.07 Å². The van der Waals surface area contributed by atoms with E-state index in [0.717, 1.165) is 12.8 Å². The van der Waals surface area contributed by atoms with Gasteiger partial charge >= 0.3 is 0 Å². The third-order valence-corrected chi connectivity index (χ3v) is 6.17. The number of carbonyl (C=O) groups excluding carboxylic acids is 1. The molecule has 1 aliphatic rings. The van der Waals surface area contributed by atoms with Gasteiger partial charge in [0.25, 0.3) is 0 Å². The quantitative estimate of drug-likeness (QED) is 0.710. The molecule has 0 spiro atoms. The van der Waals surface area contributed by atoms with Crippen molar-refractivity contribution < 1.29 is 17.9 Å². The van der Waals surface area contributed by atoms with Crippen LogP contribution in [-0.2, 0) is 19.6 Å². The Kier molecular flexibility index (Phi) is 7.03. The molecule has 1 aromatic rings. The van der Waals surface area contributed by atoms with Crippen molar-refractivity contribution in [1.29, 1.82) is 0 Å². The summed E-state index contributed by atoms with van der Waals surface area (Å²) >= 11 is 6.08. The highest BCUT2D eigenvalue weighted by Crippen LogP contribution is 2.29. The third kappa shape index (κ3) is 4.92. The van der Waals surface area contributed by atoms with Crippen molar-refractivity contribution in [3.63, 3.8) is 0 Å². The molecule has 0 aromatic heterocycles. The van der Waals surface area contributed by atoms with E-state index in [4.69, 9.17) is 16.3 Å². The van der Waals surface area contributed by atoms with E-state index < -0.39 is 10.0 Å².